The number of fused-ring (bicyclic) bond motifs is 1. The van der Waals surface area contributed by atoms with Crippen molar-refractivity contribution in [3.8, 4) is 5.75 Å². The molecular formula is C15H13N3O3. The first-order chi connectivity index (χ1) is 10.1. The minimum atomic E-state index is -0.418. The third-order valence-corrected chi connectivity index (χ3v) is 3.11. The zero-order valence-electron chi connectivity index (χ0n) is 11.4. The van der Waals surface area contributed by atoms with Crippen molar-refractivity contribution in [1.82, 2.24) is 9.38 Å². The van der Waals surface area contributed by atoms with Crippen LogP contribution in [0, 0.1) is 17.0 Å². The number of imidazole rings is 1. The van der Waals surface area contributed by atoms with E-state index in [-0.39, 0.29) is 5.69 Å². The summed E-state index contributed by atoms with van der Waals surface area (Å²) >= 11 is 0. The number of nitro groups is 1. The number of hydrogen-bond acceptors (Lipinski definition) is 4. The predicted molar refractivity (Wildman–Crippen MR) is 77.4 cm³/mol. The van der Waals surface area contributed by atoms with Crippen molar-refractivity contribution >= 4 is 11.3 Å². The highest BCUT2D eigenvalue weighted by atomic mass is 16.6. The van der Waals surface area contributed by atoms with Crippen LogP contribution in [0.3, 0.4) is 0 Å². The lowest BCUT2D eigenvalue weighted by Gasteiger charge is -2.07. The van der Waals surface area contributed by atoms with Crippen molar-refractivity contribution in [3.63, 3.8) is 0 Å². The van der Waals surface area contributed by atoms with Crippen LogP contribution >= 0.6 is 0 Å². The highest BCUT2D eigenvalue weighted by molar-refractivity contribution is 5.54. The molecule has 2 aromatic heterocycles. The van der Waals surface area contributed by atoms with Gasteiger partial charge < -0.3 is 9.14 Å². The average Bonchev–Trinajstić information content (AvgIpc) is 2.86. The molecule has 21 heavy (non-hydrogen) atoms. The first kappa shape index (κ1) is 13.1. The van der Waals surface area contributed by atoms with E-state index in [0.717, 1.165) is 16.9 Å². The summed E-state index contributed by atoms with van der Waals surface area (Å²) in [7, 11) is 0. The fraction of sp³-hybridized carbons (Fsp3) is 0.133. The monoisotopic (exact) mass is 283 g/mol. The van der Waals surface area contributed by atoms with E-state index < -0.39 is 4.92 Å². The van der Waals surface area contributed by atoms with Crippen LogP contribution in [0.4, 0.5) is 5.69 Å². The number of non-ortho nitro benzene ring substituents is 1. The molecule has 3 rings (SSSR count). The van der Waals surface area contributed by atoms with E-state index >= 15 is 0 Å². The normalized spacial score (nSPS) is 10.7. The number of pyridine rings is 1. The minimum Gasteiger partial charge on any atom is -0.485 e. The van der Waals surface area contributed by atoms with Gasteiger partial charge in [-0.1, -0.05) is 0 Å². The third-order valence-electron chi connectivity index (χ3n) is 3.11. The number of ether oxygens (including phenoxy) is 1. The molecule has 0 bridgehead atoms. The second-order valence-electron chi connectivity index (χ2n) is 4.70. The lowest BCUT2D eigenvalue weighted by molar-refractivity contribution is -0.384. The van der Waals surface area contributed by atoms with E-state index in [0.29, 0.717) is 12.4 Å². The molecule has 0 aliphatic rings. The quantitative estimate of drug-likeness (QED) is 0.545. The second kappa shape index (κ2) is 5.24. The van der Waals surface area contributed by atoms with Crippen LogP contribution in [-0.4, -0.2) is 14.3 Å². The van der Waals surface area contributed by atoms with Crippen LogP contribution < -0.4 is 4.74 Å². The predicted octanol–water partition coefficient (Wildman–Crippen LogP) is 3.13. The maximum absolute atomic E-state index is 10.6. The number of nitro benzene ring substituents is 1. The van der Waals surface area contributed by atoms with E-state index in [1.165, 1.54) is 12.1 Å². The highest BCUT2D eigenvalue weighted by Gasteiger charge is 2.07. The molecule has 0 fully saturated rings. The topological polar surface area (TPSA) is 69.7 Å². The van der Waals surface area contributed by atoms with Crippen molar-refractivity contribution in [2.45, 2.75) is 13.5 Å². The Morgan fingerprint density at radius 2 is 2.05 bits per heavy atom. The van der Waals surface area contributed by atoms with Crippen LogP contribution in [0.5, 0.6) is 5.75 Å². The zero-order valence-corrected chi connectivity index (χ0v) is 11.4. The molecule has 0 N–H and O–H groups in total. The van der Waals surface area contributed by atoms with Crippen molar-refractivity contribution in [1.29, 1.82) is 0 Å². The van der Waals surface area contributed by atoms with Gasteiger partial charge in [0.25, 0.3) is 5.69 Å². The molecule has 0 amide bonds. The molecule has 0 aliphatic heterocycles. The summed E-state index contributed by atoms with van der Waals surface area (Å²) in [6, 6.07) is 10.1. The summed E-state index contributed by atoms with van der Waals surface area (Å²) in [6.07, 6.45) is 3.84. The number of aryl methyl sites for hydroxylation is 1. The molecule has 0 atom stereocenters. The number of rotatable bonds is 4. The van der Waals surface area contributed by atoms with E-state index in [9.17, 15) is 10.1 Å². The lowest BCUT2D eigenvalue weighted by Crippen LogP contribution is -1.98. The van der Waals surface area contributed by atoms with Gasteiger partial charge in [-0.3, -0.25) is 10.1 Å². The summed E-state index contributed by atoms with van der Waals surface area (Å²) in [4.78, 5) is 14.6. The number of hydrogen-bond donors (Lipinski definition) is 0. The van der Waals surface area contributed by atoms with E-state index in [1.807, 2.05) is 35.9 Å². The smallest absolute Gasteiger partial charge is 0.269 e. The van der Waals surface area contributed by atoms with Crippen molar-refractivity contribution < 1.29 is 9.66 Å². The Kier molecular flexibility index (Phi) is 3.27. The Bertz CT molecular complexity index is 794. The molecule has 106 valence electrons. The number of aromatic nitrogens is 2. The molecule has 0 spiro atoms. The van der Waals surface area contributed by atoms with Crippen molar-refractivity contribution in [2.75, 3.05) is 0 Å². The summed E-state index contributed by atoms with van der Waals surface area (Å²) in [6.45, 7) is 2.26. The van der Waals surface area contributed by atoms with Crippen LogP contribution in [0.25, 0.3) is 5.65 Å². The zero-order chi connectivity index (χ0) is 14.8. The van der Waals surface area contributed by atoms with Gasteiger partial charge in [0.2, 0.25) is 0 Å². The third kappa shape index (κ3) is 2.69. The van der Waals surface area contributed by atoms with Gasteiger partial charge in [-0.2, -0.15) is 0 Å². The Balaban J connectivity index is 1.78. The average molecular weight is 283 g/mol. The molecule has 0 radical (unpaired) electrons. The summed E-state index contributed by atoms with van der Waals surface area (Å²) < 4.78 is 7.67. The summed E-state index contributed by atoms with van der Waals surface area (Å²) in [5.74, 6) is 0.684. The van der Waals surface area contributed by atoms with Gasteiger partial charge >= 0.3 is 0 Å². The highest BCUT2D eigenvalue weighted by Crippen LogP contribution is 2.20. The van der Waals surface area contributed by atoms with Crippen LogP contribution in [-0.2, 0) is 6.61 Å². The Hall–Kier alpha value is -2.89. The van der Waals surface area contributed by atoms with E-state index in [1.54, 1.807) is 12.1 Å². The van der Waals surface area contributed by atoms with Crippen molar-refractivity contribution in [2.24, 2.45) is 0 Å². The first-order valence-electron chi connectivity index (χ1n) is 6.44. The van der Waals surface area contributed by atoms with Gasteiger partial charge in [0, 0.05) is 24.5 Å². The van der Waals surface area contributed by atoms with E-state index in [2.05, 4.69) is 4.98 Å². The van der Waals surface area contributed by atoms with Gasteiger partial charge in [0.1, 0.15) is 6.61 Å². The maximum Gasteiger partial charge on any atom is 0.269 e. The largest absolute Gasteiger partial charge is 0.485 e. The Morgan fingerprint density at radius 3 is 2.76 bits per heavy atom. The second-order valence-corrected chi connectivity index (χ2v) is 4.70. The van der Waals surface area contributed by atoms with Gasteiger partial charge in [-0.15, -0.1) is 0 Å². The Labute approximate surface area is 120 Å². The fourth-order valence-electron chi connectivity index (χ4n) is 2.10. The fourth-order valence-corrected chi connectivity index (χ4v) is 2.10. The van der Waals surface area contributed by atoms with Gasteiger partial charge in [0.05, 0.1) is 10.6 Å². The molecule has 6 heteroatoms. The van der Waals surface area contributed by atoms with Gasteiger partial charge in [-0.05, 0) is 36.8 Å². The van der Waals surface area contributed by atoms with E-state index in [4.69, 9.17) is 4.74 Å². The van der Waals surface area contributed by atoms with Gasteiger partial charge in [0.15, 0.2) is 11.4 Å². The summed E-state index contributed by atoms with van der Waals surface area (Å²) in [5, 5.41) is 10.6. The summed E-state index contributed by atoms with van der Waals surface area (Å²) in [5.41, 5.74) is 2.62. The molecule has 6 nitrogen and oxygen atoms in total. The number of benzene rings is 1. The molecular weight excluding hydrogens is 270 g/mol. The standard InChI is InChI=1S/C15H13N3O3/c1-11-9-17-8-2-3-14(15(17)16-11)21-10-12-4-6-13(7-5-12)18(19)20/h2-9H,10H2,1H3. The lowest BCUT2D eigenvalue weighted by atomic mass is 10.2. The van der Waals surface area contributed by atoms with Crippen LogP contribution in [0.1, 0.15) is 11.3 Å². The molecule has 0 saturated heterocycles. The molecule has 0 saturated carbocycles. The van der Waals surface area contributed by atoms with Crippen molar-refractivity contribution in [3.05, 3.63) is 70.2 Å². The van der Waals surface area contributed by atoms with Crippen LogP contribution in [0.15, 0.2) is 48.8 Å². The molecule has 0 unspecified atom stereocenters. The molecule has 1 aromatic carbocycles. The molecule has 0 aliphatic carbocycles. The number of nitrogens with zero attached hydrogens (tertiary/aromatic N) is 3. The maximum atomic E-state index is 10.6. The Morgan fingerprint density at radius 1 is 1.29 bits per heavy atom. The SMILES string of the molecule is Cc1cn2cccc(OCc3ccc([N+](=O)[O-])cc3)c2n1. The molecule has 2 heterocycles. The van der Waals surface area contributed by atoms with Crippen LogP contribution in [0.2, 0.25) is 0 Å². The minimum absolute atomic E-state index is 0.0738. The first-order valence-corrected chi connectivity index (χ1v) is 6.44. The molecule has 3 aromatic rings. The van der Waals surface area contributed by atoms with Gasteiger partial charge in [-0.25, -0.2) is 4.98 Å².